The Morgan fingerprint density at radius 3 is 2.92 bits per heavy atom. The Morgan fingerprint density at radius 2 is 2.23 bits per heavy atom. The summed E-state index contributed by atoms with van der Waals surface area (Å²) in [6.07, 6.45) is 0.849. The number of methoxy groups -OCH3 is 1. The molecule has 0 radical (unpaired) electrons. The lowest BCUT2D eigenvalue weighted by atomic mass is 10.4. The minimum absolute atomic E-state index is 0.777. The van der Waals surface area contributed by atoms with Crippen LogP contribution in [0.5, 0.6) is 5.88 Å². The highest BCUT2D eigenvalue weighted by Crippen LogP contribution is 2.14. The van der Waals surface area contributed by atoms with E-state index < -0.39 is 0 Å². The minimum Gasteiger partial charge on any atom is -0.482 e. The van der Waals surface area contributed by atoms with Crippen molar-refractivity contribution in [2.24, 2.45) is 0 Å². The maximum atomic E-state index is 5.21. The summed E-state index contributed by atoms with van der Waals surface area (Å²) in [7, 11) is 1.65. The quantitative estimate of drug-likeness (QED) is 0.694. The van der Waals surface area contributed by atoms with E-state index in [9.17, 15) is 0 Å². The molecule has 0 saturated carbocycles. The van der Waals surface area contributed by atoms with Crippen LogP contribution in [0.3, 0.4) is 0 Å². The van der Waals surface area contributed by atoms with E-state index in [0.717, 1.165) is 23.8 Å². The lowest BCUT2D eigenvalue weighted by Gasteiger charge is -2.03. The molecule has 0 aromatic carbocycles. The molecule has 0 amide bonds. The van der Waals surface area contributed by atoms with Crippen LogP contribution in [0.1, 0.15) is 12.7 Å². The second kappa shape index (κ2) is 3.05. The van der Waals surface area contributed by atoms with Gasteiger partial charge in [0.05, 0.1) is 7.11 Å². The Kier molecular flexibility index (Phi) is 1.88. The maximum absolute atomic E-state index is 5.21. The third-order valence-electron chi connectivity index (χ3n) is 1.98. The first-order valence-electron chi connectivity index (χ1n) is 4.24. The van der Waals surface area contributed by atoms with Gasteiger partial charge in [-0.3, -0.25) is 0 Å². The van der Waals surface area contributed by atoms with Gasteiger partial charge in [0.25, 0.3) is 0 Å². The Bertz CT molecular complexity index is 422. The molecule has 0 bridgehead atoms. The normalized spacial score (nSPS) is 10.6. The van der Waals surface area contributed by atoms with Crippen molar-refractivity contribution in [1.29, 1.82) is 0 Å². The fraction of sp³-hybridized carbons (Fsp3) is 0.333. The zero-order valence-corrected chi connectivity index (χ0v) is 7.69. The molecule has 2 aromatic heterocycles. The number of hydrogen-bond donors (Lipinski definition) is 0. The van der Waals surface area contributed by atoms with Gasteiger partial charge in [-0.05, 0) is 12.1 Å². The number of rotatable bonds is 2. The van der Waals surface area contributed by atoms with Gasteiger partial charge in [-0.25, -0.2) is 4.40 Å². The molecule has 2 aromatic rings. The molecule has 2 heterocycles. The SMILES string of the molecule is CCc1nnc2cccc(OC)n12. The monoisotopic (exact) mass is 177 g/mol. The van der Waals surface area contributed by atoms with Gasteiger partial charge in [-0.2, -0.15) is 0 Å². The second-order valence-corrected chi connectivity index (χ2v) is 2.73. The molecular formula is C9H11N3O. The van der Waals surface area contributed by atoms with Crippen LogP contribution < -0.4 is 4.74 Å². The number of aromatic nitrogens is 3. The summed E-state index contributed by atoms with van der Waals surface area (Å²) in [5, 5.41) is 8.09. The van der Waals surface area contributed by atoms with Gasteiger partial charge in [-0.15, -0.1) is 10.2 Å². The molecule has 2 rings (SSSR count). The lowest BCUT2D eigenvalue weighted by Crippen LogP contribution is -1.97. The summed E-state index contributed by atoms with van der Waals surface area (Å²) >= 11 is 0. The summed E-state index contributed by atoms with van der Waals surface area (Å²) in [4.78, 5) is 0. The van der Waals surface area contributed by atoms with Gasteiger partial charge < -0.3 is 4.74 Å². The predicted molar refractivity (Wildman–Crippen MR) is 48.9 cm³/mol. The van der Waals surface area contributed by atoms with Crippen LogP contribution in [-0.2, 0) is 6.42 Å². The Morgan fingerprint density at radius 1 is 1.38 bits per heavy atom. The lowest BCUT2D eigenvalue weighted by molar-refractivity contribution is 0.390. The average Bonchev–Trinajstić information content (AvgIpc) is 2.60. The molecule has 0 N–H and O–H groups in total. The van der Waals surface area contributed by atoms with Crippen LogP contribution in [0.2, 0.25) is 0 Å². The number of fused-ring (bicyclic) bond motifs is 1. The first kappa shape index (κ1) is 8.04. The van der Waals surface area contributed by atoms with Crippen LogP contribution in [0, 0.1) is 0 Å². The predicted octanol–water partition coefficient (Wildman–Crippen LogP) is 1.30. The largest absolute Gasteiger partial charge is 0.482 e. The van der Waals surface area contributed by atoms with Crippen LogP contribution in [0.25, 0.3) is 5.65 Å². The standard InChI is InChI=1S/C9H11N3O/c1-3-7-10-11-8-5-4-6-9(13-2)12(7)8/h4-6H,3H2,1-2H3. The molecular weight excluding hydrogens is 166 g/mol. The summed E-state index contributed by atoms with van der Waals surface area (Å²) in [5.74, 6) is 1.70. The topological polar surface area (TPSA) is 39.4 Å². The fourth-order valence-corrected chi connectivity index (χ4v) is 1.36. The van der Waals surface area contributed by atoms with E-state index >= 15 is 0 Å². The molecule has 4 nitrogen and oxygen atoms in total. The molecule has 4 heteroatoms. The van der Waals surface area contributed by atoms with Crippen molar-refractivity contribution < 1.29 is 4.74 Å². The van der Waals surface area contributed by atoms with Gasteiger partial charge in [0.2, 0.25) is 5.88 Å². The highest BCUT2D eigenvalue weighted by atomic mass is 16.5. The molecule has 0 spiro atoms. The highest BCUT2D eigenvalue weighted by Gasteiger charge is 2.06. The zero-order chi connectivity index (χ0) is 9.26. The smallest absolute Gasteiger partial charge is 0.200 e. The average molecular weight is 177 g/mol. The van der Waals surface area contributed by atoms with Crippen molar-refractivity contribution in [3.05, 3.63) is 24.0 Å². The minimum atomic E-state index is 0.777. The highest BCUT2D eigenvalue weighted by molar-refractivity contribution is 5.41. The van der Waals surface area contributed by atoms with E-state index in [1.165, 1.54) is 0 Å². The van der Waals surface area contributed by atoms with Crippen molar-refractivity contribution in [2.45, 2.75) is 13.3 Å². The van der Waals surface area contributed by atoms with Crippen LogP contribution >= 0.6 is 0 Å². The first-order valence-corrected chi connectivity index (χ1v) is 4.24. The van der Waals surface area contributed by atoms with Crippen molar-refractivity contribution in [2.75, 3.05) is 7.11 Å². The van der Waals surface area contributed by atoms with Crippen molar-refractivity contribution in [1.82, 2.24) is 14.6 Å². The molecule has 0 unspecified atom stereocenters. The van der Waals surface area contributed by atoms with Gasteiger partial charge >= 0.3 is 0 Å². The van der Waals surface area contributed by atoms with Crippen molar-refractivity contribution in [3.8, 4) is 5.88 Å². The maximum Gasteiger partial charge on any atom is 0.200 e. The van der Waals surface area contributed by atoms with Gasteiger partial charge in [0, 0.05) is 6.42 Å². The third-order valence-corrected chi connectivity index (χ3v) is 1.98. The molecule has 0 aliphatic rings. The molecule has 0 atom stereocenters. The molecule has 0 saturated heterocycles. The number of hydrogen-bond acceptors (Lipinski definition) is 3. The molecule has 13 heavy (non-hydrogen) atoms. The van der Waals surface area contributed by atoms with E-state index in [2.05, 4.69) is 10.2 Å². The van der Waals surface area contributed by atoms with Gasteiger partial charge in [-0.1, -0.05) is 13.0 Å². The van der Waals surface area contributed by atoms with E-state index in [1.54, 1.807) is 7.11 Å². The summed E-state index contributed by atoms with van der Waals surface area (Å²) < 4.78 is 7.13. The van der Waals surface area contributed by atoms with Crippen LogP contribution in [0.4, 0.5) is 0 Å². The van der Waals surface area contributed by atoms with Gasteiger partial charge in [0.15, 0.2) is 5.65 Å². The van der Waals surface area contributed by atoms with Crippen molar-refractivity contribution in [3.63, 3.8) is 0 Å². The molecule has 0 fully saturated rings. The Hall–Kier alpha value is -1.58. The number of ether oxygens (including phenoxy) is 1. The van der Waals surface area contributed by atoms with Crippen LogP contribution in [0.15, 0.2) is 18.2 Å². The van der Waals surface area contributed by atoms with E-state index in [0.29, 0.717) is 0 Å². The fourth-order valence-electron chi connectivity index (χ4n) is 1.36. The van der Waals surface area contributed by atoms with E-state index in [4.69, 9.17) is 4.74 Å². The molecule has 0 aliphatic carbocycles. The molecule has 0 aliphatic heterocycles. The Balaban J connectivity index is 2.76. The van der Waals surface area contributed by atoms with E-state index in [1.807, 2.05) is 29.5 Å². The van der Waals surface area contributed by atoms with Crippen molar-refractivity contribution >= 4 is 5.65 Å². The number of nitrogens with zero attached hydrogens (tertiary/aromatic N) is 3. The third kappa shape index (κ3) is 1.14. The van der Waals surface area contributed by atoms with Gasteiger partial charge in [0.1, 0.15) is 5.82 Å². The number of aryl methyl sites for hydroxylation is 1. The summed E-state index contributed by atoms with van der Waals surface area (Å²) in [6, 6.07) is 5.71. The zero-order valence-electron chi connectivity index (χ0n) is 7.69. The first-order chi connectivity index (χ1) is 6.36. The van der Waals surface area contributed by atoms with E-state index in [-0.39, 0.29) is 0 Å². The summed E-state index contributed by atoms with van der Waals surface area (Å²) in [6.45, 7) is 2.04. The second-order valence-electron chi connectivity index (χ2n) is 2.73. The van der Waals surface area contributed by atoms with Crippen LogP contribution in [-0.4, -0.2) is 21.7 Å². The molecule has 68 valence electrons. The Labute approximate surface area is 76.2 Å². The summed E-state index contributed by atoms with van der Waals surface area (Å²) in [5.41, 5.74) is 0.830. The number of pyridine rings is 1.